The van der Waals surface area contributed by atoms with Gasteiger partial charge in [0, 0.05) is 36.4 Å². The molecule has 0 unspecified atom stereocenters. The SMILES string of the molecule is O=C(NCC1(c2ccc(Cl)cc2)CCOCC1)c1cccnc1SC(F)F. The van der Waals surface area contributed by atoms with Crippen LogP contribution in [0.2, 0.25) is 5.02 Å². The Labute approximate surface area is 165 Å². The minimum Gasteiger partial charge on any atom is -0.381 e. The molecular formula is C19H19ClF2N2O2S. The van der Waals surface area contributed by atoms with Gasteiger partial charge in [0.1, 0.15) is 5.03 Å². The molecule has 0 atom stereocenters. The van der Waals surface area contributed by atoms with Crippen molar-refractivity contribution in [3.05, 3.63) is 58.7 Å². The molecule has 144 valence electrons. The van der Waals surface area contributed by atoms with Gasteiger partial charge in [0.05, 0.1) is 5.56 Å². The van der Waals surface area contributed by atoms with Crippen LogP contribution in [0.3, 0.4) is 0 Å². The summed E-state index contributed by atoms with van der Waals surface area (Å²) < 4.78 is 30.9. The summed E-state index contributed by atoms with van der Waals surface area (Å²) in [5, 5.41) is 3.58. The zero-order chi connectivity index (χ0) is 19.3. The lowest BCUT2D eigenvalue weighted by molar-refractivity contribution is 0.0487. The topological polar surface area (TPSA) is 51.2 Å². The molecule has 0 radical (unpaired) electrons. The molecule has 1 N–H and O–H groups in total. The average Bonchev–Trinajstić information content (AvgIpc) is 2.67. The molecule has 3 rings (SSSR count). The summed E-state index contributed by atoms with van der Waals surface area (Å²) in [5.41, 5.74) is 0.946. The van der Waals surface area contributed by atoms with Crippen LogP contribution in [0.5, 0.6) is 0 Å². The van der Waals surface area contributed by atoms with E-state index in [2.05, 4.69) is 10.3 Å². The molecule has 1 saturated heterocycles. The molecule has 0 saturated carbocycles. The molecule has 4 nitrogen and oxygen atoms in total. The number of aromatic nitrogens is 1. The van der Waals surface area contributed by atoms with Gasteiger partial charge in [-0.3, -0.25) is 4.79 Å². The molecule has 1 aromatic heterocycles. The van der Waals surface area contributed by atoms with Crippen molar-refractivity contribution in [1.82, 2.24) is 10.3 Å². The number of thioether (sulfide) groups is 1. The molecule has 27 heavy (non-hydrogen) atoms. The van der Waals surface area contributed by atoms with Crippen molar-refractivity contribution in [3.63, 3.8) is 0 Å². The summed E-state index contributed by atoms with van der Waals surface area (Å²) in [7, 11) is 0. The Morgan fingerprint density at radius 1 is 1.26 bits per heavy atom. The van der Waals surface area contributed by atoms with E-state index in [0.29, 0.717) is 24.8 Å². The smallest absolute Gasteiger partial charge is 0.290 e. The lowest BCUT2D eigenvalue weighted by Gasteiger charge is -2.38. The molecule has 0 bridgehead atoms. The number of hydrogen-bond acceptors (Lipinski definition) is 4. The van der Waals surface area contributed by atoms with Crippen LogP contribution in [0.1, 0.15) is 28.8 Å². The highest BCUT2D eigenvalue weighted by molar-refractivity contribution is 7.99. The molecule has 0 spiro atoms. The van der Waals surface area contributed by atoms with E-state index in [0.717, 1.165) is 18.4 Å². The van der Waals surface area contributed by atoms with Crippen molar-refractivity contribution in [2.45, 2.75) is 29.0 Å². The number of ether oxygens (including phenoxy) is 1. The van der Waals surface area contributed by atoms with Crippen LogP contribution < -0.4 is 5.32 Å². The Balaban J connectivity index is 1.78. The first-order chi connectivity index (χ1) is 13.0. The van der Waals surface area contributed by atoms with E-state index in [9.17, 15) is 13.6 Å². The van der Waals surface area contributed by atoms with Crippen LogP contribution >= 0.6 is 23.4 Å². The van der Waals surface area contributed by atoms with Gasteiger partial charge in [0.25, 0.3) is 11.7 Å². The van der Waals surface area contributed by atoms with Crippen LogP contribution in [-0.4, -0.2) is 36.4 Å². The van der Waals surface area contributed by atoms with Crippen molar-refractivity contribution in [1.29, 1.82) is 0 Å². The monoisotopic (exact) mass is 412 g/mol. The summed E-state index contributed by atoms with van der Waals surface area (Å²) >= 11 is 6.27. The van der Waals surface area contributed by atoms with E-state index in [1.165, 1.54) is 12.3 Å². The maximum absolute atomic E-state index is 12.7. The quantitative estimate of drug-likeness (QED) is 0.708. The van der Waals surface area contributed by atoms with E-state index in [-0.39, 0.29) is 27.8 Å². The first kappa shape index (κ1) is 20.0. The summed E-state index contributed by atoms with van der Waals surface area (Å²) in [5.74, 6) is -3.05. The van der Waals surface area contributed by atoms with Crippen molar-refractivity contribution in [2.75, 3.05) is 19.8 Å². The number of rotatable bonds is 6. The van der Waals surface area contributed by atoms with Crippen molar-refractivity contribution < 1.29 is 18.3 Å². The molecule has 2 heterocycles. The number of amides is 1. The second-order valence-electron chi connectivity index (χ2n) is 6.32. The minimum absolute atomic E-state index is 0.0255. The fourth-order valence-corrected chi connectivity index (χ4v) is 3.92. The van der Waals surface area contributed by atoms with E-state index in [1.807, 2.05) is 24.3 Å². The van der Waals surface area contributed by atoms with Gasteiger partial charge in [-0.05, 0) is 54.4 Å². The fourth-order valence-electron chi connectivity index (χ4n) is 3.22. The largest absolute Gasteiger partial charge is 0.381 e. The van der Waals surface area contributed by atoms with Gasteiger partial charge in [-0.15, -0.1) is 0 Å². The number of pyridine rings is 1. The summed E-state index contributed by atoms with van der Waals surface area (Å²) in [6, 6.07) is 10.6. The third-order valence-corrected chi connectivity index (χ3v) is 5.69. The standard InChI is InChI=1S/C19H19ClF2N2O2S/c20-14-5-3-13(4-6-14)19(7-10-26-11-8-19)12-24-16(25)15-2-1-9-23-17(15)27-18(21)22/h1-6,9,18H,7-8,10-12H2,(H,24,25). The van der Waals surface area contributed by atoms with E-state index in [4.69, 9.17) is 16.3 Å². The van der Waals surface area contributed by atoms with Crippen molar-refractivity contribution >= 4 is 29.3 Å². The zero-order valence-electron chi connectivity index (χ0n) is 14.5. The maximum Gasteiger partial charge on any atom is 0.290 e. The van der Waals surface area contributed by atoms with Gasteiger partial charge in [0.2, 0.25) is 0 Å². The Morgan fingerprint density at radius 3 is 2.63 bits per heavy atom. The second kappa shape index (κ2) is 8.99. The predicted octanol–water partition coefficient (Wildman–Crippen LogP) is 4.53. The number of alkyl halides is 2. The molecule has 1 aliphatic rings. The predicted molar refractivity (Wildman–Crippen MR) is 102 cm³/mol. The van der Waals surface area contributed by atoms with Crippen molar-refractivity contribution in [3.8, 4) is 0 Å². The van der Waals surface area contributed by atoms with Crippen molar-refractivity contribution in [2.24, 2.45) is 0 Å². The Kier molecular flexibility index (Phi) is 6.68. The molecule has 8 heteroatoms. The van der Waals surface area contributed by atoms with E-state index < -0.39 is 11.7 Å². The molecule has 2 aromatic rings. The normalized spacial score (nSPS) is 16.3. The van der Waals surface area contributed by atoms with Gasteiger partial charge in [-0.25, -0.2) is 4.98 Å². The van der Waals surface area contributed by atoms with Gasteiger partial charge >= 0.3 is 0 Å². The Morgan fingerprint density at radius 2 is 1.96 bits per heavy atom. The van der Waals surface area contributed by atoms with Crippen LogP contribution in [-0.2, 0) is 10.2 Å². The second-order valence-corrected chi connectivity index (χ2v) is 7.73. The van der Waals surface area contributed by atoms with Gasteiger partial charge in [-0.2, -0.15) is 8.78 Å². The van der Waals surface area contributed by atoms with E-state index >= 15 is 0 Å². The first-order valence-corrected chi connectivity index (χ1v) is 9.78. The first-order valence-electron chi connectivity index (χ1n) is 8.52. The molecule has 1 amide bonds. The Hall–Kier alpha value is -1.70. The van der Waals surface area contributed by atoms with Crippen LogP contribution in [0, 0.1) is 0 Å². The highest BCUT2D eigenvalue weighted by atomic mass is 35.5. The number of carbonyl (C=O) groups excluding carboxylic acids is 1. The fraction of sp³-hybridized carbons (Fsp3) is 0.368. The molecular weight excluding hydrogens is 394 g/mol. The number of benzene rings is 1. The number of nitrogens with one attached hydrogen (secondary N) is 1. The lowest BCUT2D eigenvalue weighted by atomic mass is 9.74. The van der Waals surface area contributed by atoms with Gasteiger partial charge in [-0.1, -0.05) is 23.7 Å². The minimum atomic E-state index is -2.64. The highest BCUT2D eigenvalue weighted by Gasteiger charge is 2.35. The summed E-state index contributed by atoms with van der Waals surface area (Å²) in [6.07, 6.45) is 2.90. The average molecular weight is 413 g/mol. The number of halogens is 3. The van der Waals surface area contributed by atoms with Gasteiger partial charge < -0.3 is 10.1 Å². The highest BCUT2D eigenvalue weighted by Crippen LogP contribution is 2.35. The number of hydrogen-bond donors (Lipinski definition) is 1. The Bertz CT molecular complexity index is 784. The third kappa shape index (κ3) is 4.97. The van der Waals surface area contributed by atoms with Crippen LogP contribution in [0.4, 0.5) is 8.78 Å². The number of carbonyl (C=O) groups is 1. The maximum atomic E-state index is 12.7. The van der Waals surface area contributed by atoms with E-state index in [1.54, 1.807) is 6.07 Å². The van der Waals surface area contributed by atoms with Crippen LogP contribution in [0.15, 0.2) is 47.6 Å². The zero-order valence-corrected chi connectivity index (χ0v) is 16.0. The lowest BCUT2D eigenvalue weighted by Crippen LogP contribution is -2.44. The van der Waals surface area contributed by atoms with Gasteiger partial charge in [0.15, 0.2) is 0 Å². The molecule has 1 aromatic carbocycles. The summed E-state index contributed by atoms with van der Waals surface area (Å²) in [6.45, 7) is 1.57. The van der Waals surface area contributed by atoms with Crippen LogP contribution in [0.25, 0.3) is 0 Å². The summed E-state index contributed by atoms with van der Waals surface area (Å²) in [4.78, 5) is 16.6. The molecule has 1 aliphatic heterocycles. The molecule has 1 fully saturated rings. The number of nitrogens with zero attached hydrogens (tertiary/aromatic N) is 1. The molecule has 0 aliphatic carbocycles. The third-order valence-electron chi connectivity index (χ3n) is 4.71.